The fraction of sp³-hybridized carbons (Fsp3) is 0. The minimum Gasteiger partial charge on any atom is -0.307 e. The lowest BCUT2D eigenvalue weighted by Gasteiger charge is -2.15. The van der Waals surface area contributed by atoms with Gasteiger partial charge in [-0.05, 0) is 85.9 Å². The van der Waals surface area contributed by atoms with Crippen LogP contribution in [0.1, 0.15) is 0 Å². The van der Waals surface area contributed by atoms with Gasteiger partial charge in [0.2, 0.25) is 5.95 Å². The molecule has 4 heterocycles. The van der Waals surface area contributed by atoms with E-state index in [0.717, 1.165) is 66.0 Å². The van der Waals surface area contributed by atoms with Gasteiger partial charge in [0.1, 0.15) is 0 Å². The number of para-hydroxylation sites is 2. The zero-order valence-electron chi connectivity index (χ0n) is 37.0. The highest BCUT2D eigenvalue weighted by atomic mass is 32.1. The Morgan fingerprint density at radius 1 is 0.304 bits per heavy atom. The van der Waals surface area contributed by atoms with Crippen molar-refractivity contribution in [2.24, 2.45) is 0 Å². The van der Waals surface area contributed by atoms with E-state index >= 15 is 0 Å². The summed E-state index contributed by atoms with van der Waals surface area (Å²) in [5, 5.41) is 14.6. The lowest BCUT2D eigenvalue weighted by atomic mass is 9.92. The first kappa shape index (κ1) is 38.2. The van der Waals surface area contributed by atoms with Crippen LogP contribution in [-0.2, 0) is 0 Å². The van der Waals surface area contributed by atoms with Crippen LogP contribution in [0, 0.1) is 0 Å². The molecule has 0 spiro atoms. The number of rotatable bonds is 5. The molecule has 0 saturated heterocycles. The number of thiophene rings is 1. The van der Waals surface area contributed by atoms with Crippen molar-refractivity contribution < 1.29 is 0 Å². The molecule has 0 aliphatic carbocycles. The maximum Gasteiger partial charge on any atom is 0.238 e. The van der Waals surface area contributed by atoms with E-state index in [1.807, 2.05) is 18.2 Å². The highest BCUT2D eigenvalue weighted by Crippen LogP contribution is 2.44. The van der Waals surface area contributed by atoms with Crippen molar-refractivity contribution in [1.82, 2.24) is 24.1 Å². The summed E-state index contributed by atoms with van der Waals surface area (Å²) in [6, 6.07) is 81.0. The Kier molecular flexibility index (Phi) is 8.17. The van der Waals surface area contributed by atoms with Crippen LogP contribution in [-0.4, -0.2) is 24.1 Å². The Morgan fingerprint density at radius 3 is 1.54 bits per heavy atom. The third-order valence-corrected chi connectivity index (χ3v) is 15.3. The maximum absolute atomic E-state index is 5.53. The molecule has 15 aromatic rings. The minimum atomic E-state index is 0.565. The van der Waals surface area contributed by atoms with Crippen LogP contribution in [0.25, 0.3) is 142 Å². The quantitative estimate of drug-likeness (QED) is 0.162. The van der Waals surface area contributed by atoms with Crippen LogP contribution in [0.5, 0.6) is 0 Å². The maximum atomic E-state index is 5.53. The summed E-state index contributed by atoms with van der Waals surface area (Å²) in [5.74, 6) is 1.82. The molecule has 5 nitrogen and oxygen atoms in total. The Hall–Kier alpha value is -8.97. The van der Waals surface area contributed by atoms with Gasteiger partial charge in [-0.1, -0.05) is 182 Å². The van der Waals surface area contributed by atoms with Crippen molar-refractivity contribution in [3.05, 3.63) is 224 Å². The van der Waals surface area contributed by atoms with Crippen LogP contribution in [0.4, 0.5) is 0 Å². The predicted octanol–water partition coefficient (Wildman–Crippen LogP) is 16.9. The second kappa shape index (κ2) is 14.8. The van der Waals surface area contributed by atoms with Gasteiger partial charge in [-0.15, -0.1) is 11.3 Å². The Labute approximate surface area is 399 Å². The van der Waals surface area contributed by atoms with Gasteiger partial charge in [0, 0.05) is 58.5 Å². The lowest BCUT2D eigenvalue weighted by molar-refractivity contribution is 0.954. The summed E-state index contributed by atoms with van der Waals surface area (Å²) < 4.78 is 7.18. The Bertz CT molecular complexity index is 4580. The smallest absolute Gasteiger partial charge is 0.238 e. The van der Waals surface area contributed by atoms with Gasteiger partial charge in [-0.2, -0.15) is 9.97 Å². The first-order chi connectivity index (χ1) is 34.2. The fourth-order valence-electron chi connectivity index (χ4n) is 11.2. The van der Waals surface area contributed by atoms with Crippen molar-refractivity contribution in [2.75, 3.05) is 0 Å². The largest absolute Gasteiger partial charge is 0.307 e. The van der Waals surface area contributed by atoms with Crippen molar-refractivity contribution >= 4 is 107 Å². The molecular weight excluding hydrogens is 859 g/mol. The van der Waals surface area contributed by atoms with E-state index in [-0.39, 0.29) is 0 Å². The molecule has 0 aliphatic rings. The van der Waals surface area contributed by atoms with Crippen molar-refractivity contribution in [3.8, 4) is 45.5 Å². The summed E-state index contributed by atoms with van der Waals surface area (Å²) in [5.41, 5.74) is 9.58. The standard InChI is InChI=1S/C63H37N5S/c1-2-16-38(17-3-1)61-64-62(52-27-15-31-57-58(52)51-26-10-13-30-56(51)69-57)66-63(65-61)68-55-29-12-9-25-48(55)50-35-34-49-47-24-8-11-28-54(47)67(59(49)60(50)68)41-19-14-18-39(36-41)40-32-33-46-44-22-5-4-20-42(44)43-21-6-7-23-45(43)53(46)37-40/h1-37H. The number of hydrogen-bond acceptors (Lipinski definition) is 4. The van der Waals surface area contributed by atoms with Crippen LogP contribution >= 0.6 is 11.3 Å². The molecular formula is C63H37N5S. The van der Waals surface area contributed by atoms with Gasteiger partial charge in [-0.3, -0.25) is 4.57 Å². The van der Waals surface area contributed by atoms with Gasteiger partial charge >= 0.3 is 0 Å². The summed E-state index contributed by atoms with van der Waals surface area (Å²) in [6.45, 7) is 0. The molecule has 11 aromatic carbocycles. The first-order valence-corrected chi connectivity index (χ1v) is 24.2. The zero-order valence-corrected chi connectivity index (χ0v) is 37.8. The summed E-state index contributed by atoms with van der Waals surface area (Å²) in [7, 11) is 0. The second-order valence-corrected chi connectivity index (χ2v) is 19.0. The Balaban J connectivity index is 1.01. The number of fused-ring (bicyclic) bond motifs is 16. The van der Waals surface area contributed by atoms with E-state index < -0.39 is 0 Å². The first-order valence-electron chi connectivity index (χ1n) is 23.4. The molecule has 0 fully saturated rings. The van der Waals surface area contributed by atoms with E-state index in [1.165, 1.54) is 58.1 Å². The molecule has 0 bridgehead atoms. The molecule has 0 atom stereocenters. The highest BCUT2D eigenvalue weighted by molar-refractivity contribution is 7.25. The number of aromatic nitrogens is 5. The van der Waals surface area contributed by atoms with Crippen LogP contribution in [0.15, 0.2) is 224 Å². The van der Waals surface area contributed by atoms with Crippen LogP contribution in [0.3, 0.4) is 0 Å². The topological polar surface area (TPSA) is 48.5 Å². The number of hydrogen-bond donors (Lipinski definition) is 0. The molecule has 15 rings (SSSR count). The van der Waals surface area contributed by atoms with Gasteiger partial charge in [0.05, 0.1) is 22.1 Å². The monoisotopic (exact) mass is 895 g/mol. The zero-order chi connectivity index (χ0) is 45.2. The molecule has 0 N–H and O–H groups in total. The van der Waals surface area contributed by atoms with E-state index in [9.17, 15) is 0 Å². The summed E-state index contributed by atoms with van der Waals surface area (Å²) in [6.07, 6.45) is 0. The van der Waals surface area contributed by atoms with Crippen molar-refractivity contribution in [2.45, 2.75) is 0 Å². The summed E-state index contributed by atoms with van der Waals surface area (Å²) >= 11 is 1.80. The fourth-order valence-corrected chi connectivity index (χ4v) is 12.3. The molecule has 0 saturated carbocycles. The predicted molar refractivity (Wildman–Crippen MR) is 290 cm³/mol. The van der Waals surface area contributed by atoms with E-state index in [1.54, 1.807) is 11.3 Å². The van der Waals surface area contributed by atoms with Crippen LogP contribution in [0.2, 0.25) is 0 Å². The van der Waals surface area contributed by atoms with Crippen LogP contribution < -0.4 is 0 Å². The average Bonchev–Trinajstić information content (AvgIpc) is 4.09. The molecule has 0 aliphatic heterocycles. The van der Waals surface area contributed by atoms with Gasteiger partial charge < -0.3 is 4.57 Å². The van der Waals surface area contributed by atoms with Crippen molar-refractivity contribution in [3.63, 3.8) is 0 Å². The molecule has 0 amide bonds. The normalized spacial score (nSPS) is 12.1. The van der Waals surface area contributed by atoms with Gasteiger partial charge in [0.25, 0.3) is 0 Å². The number of nitrogens with zero attached hydrogens (tertiary/aromatic N) is 5. The molecule has 69 heavy (non-hydrogen) atoms. The van der Waals surface area contributed by atoms with E-state index in [2.05, 4.69) is 215 Å². The SMILES string of the molecule is c1ccc(-c2nc(-c3cccc4sc5ccccc5c34)nc(-n3c4ccccc4c4ccc5c6ccccc6n(-c6cccc(-c7ccc8c9ccccc9c9ccccc9c8c7)c6)c5c43)n2)cc1. The minimum absolute atomic E-state index is 0.565. The second-order valence-electron chi connectivity index (χ2n) is 17.9. The van der Waals surface area contributed by atoms with E-state index in [4.69, 9.17) is 15.0 Å². The average molecular weight is 896 g/mol. The Morgan fingerprint density at radius 2 is 0.812 bits per heavy atom. The van der Waals surface area contributed by atoms with Crippen molar-refractivity contribution in [1.29, 1.82) is 0 Å². The highest BCUT2D eigenvalue weighted by Gasteiger charge is 2.24. The third kappa shape index (κ3) is 5.67. The third-order valence-electron chi connectivity index (χ3n) is 14.1. The number of benzene rings is 11. The summed E-state index contributed by atoms with van der Waals surface area (Å²) in [4.78, 5) is 16.2. The molecule has 6 heteroatoms. The molecule has 0 radical (unpaired) electrons. The van der Waals surface area contributed by atoms with Gasteiger partial charge in [-0.25, -0.2) is 4.98 Å². The lowest BCUT2D eigenvalue weighted by Crippen LogP contribution is -2.07. The van der Waals surface area contributed by atoms with E-state index in [0.29, 0.717) is 17.6 Å². The molecule has 4 aromatic heterocycles. The molecule has 0 unspecified atom stereocenters. The molecule has 320 valence electrons. The van der Waals surface area contributed by atoms with Gasteiger partial charge in [0.15, 0.2) is 11.6 Å².